The Balaban J connectivity index is 1.99. The highest BCUT2D eigenvalue weighted by Gasteiger charge is 2.10. The maximum absolute atomic E-state index is 5.99. The second-order valence-corrected chi connectivity index (χ2v) is 4.86. The van der Waals surface area contributed by atoms with Crippen LogP contribution in [0.3, 0.4) is 0 Å². The van der Waals surface area contributed by atoms with Crippen molar-refractivity contribution in [2.45, 2.75) is 13.0 Å². The summed E-state index contributed by atoms with van der Waals surface area (Å²) >= 11 is 11.9. The van der Waals surface area contributed by atoms with Crippen molar-refractivity contribution in [2.24, 2.45) is 0 Å². The van der Waals surface area contributed by atoms with Gasteiger partial charge in [0.25, 0.3) is 0 Å². The van der Waals surface area contributed by atoms with Gasteiger partial charge < -0.3 is 0 Å². The third-order valence-electron chi connectivity index (χ3n) is 2.76. The molecule has 1 saturated heterocycles. The van der Waals surface area contributed by atoms with Crippen molar-refractivity contribution in [1.82, 2.24) is 10.2 Å². The Hall–Kier alpha value is -0.280. The van der Waals surface area contributed by atoms with E-state index in [0.717, 1.165) is 39.1 Å². The van der Waals surface area contributed by atoms with Crippen LogP contribution < -0.4 is 5.32 Å². The largest absolute Gasteiger partial charge is 0.298 e. The van der Waals surface area contributed by atoms with E-state index in [0.29, 0.717) is 10.0 Å². The molecule has 2 nitrogen and oxygen atoms in total. The monoisotopic (exact) mass is 257 g/mol. The van der Waals surface area contributed by atoms with Crippen LogP contribution in [-0.2, 0) is 6.54 Å². The summed E-state index contributed by atoms with van der Waals surface area (Å²) in [4.78, 5) is 2.41. The Kier molecular flexibility index (Phi) is 4.47. The van der Waals surface area contributed by atoms with Gasteiger partial charge in [0.2, 0.25) is 0 Å². The molecular formula is C12H15Cl2N2. The minimum atomic E-state index is 0.622. The standard InChI is InChI=1S/C12H15Cl2N2/c13-11-3-2-10(8-12(11)14)9-16-6-1-4-15-5-7-16/h2-3,8H,1,4-7,9H2. The molecule has 0 N–H and O–H groups in total. The van der Waals surface area contributed by atoms with Crippen LogP contribution in [0.15, 0.2) is 18.2 Å². The van der Waals surface area contributed by atoms with E-state index in [2.05, 4.69) is 10.2 Å². The zero-order valence-corrected chi connectivity index (χ0v) is 10.6. The number of hydrogen-bond donors (Lipinski definition) is 0. The van der Waals surface area contributed by atoms with Crippen molar-refractivity contribution >= 4 is 23.2 Å². The van der Waals surface area contributed by atoms with Gasteiger partial charge in [-0.3, -0.25) is 4.90 Å². The van der Waals surface area contributed by atoms with Gasteiger partial charge in [0.1, 0.15) is 0 Å². The smallest absolute Gasteiger partial charge is 0.0595 e. The number of rotatable bonds is 2. The maximum Gasteiger partial charge on any atom is 0.0595 e. The zero-order chi connectivity index (χ0) is 11.4. The second kappa shape index (κ2) is 5.87. The lowest BCUT2D eigenvalue weighted by atomic mass is 10.2. The van der Waals surface area contributed by atoms with Crippen molar-refractivity contribution in [1.29, 1.82) is 0 Å². The minimum Gasteiger partial charge on any atom is -0.298 e. The van der Waals surface area contributed by atoms with E-state index >= 15 is 0 Å². The molecule has 1 radical (unpaired) electrons. The highest BCUT2D eigenvalue weighted by atomic mass is 35.5. The van der Waals surface area contributed by atoms with E-state index in [9.17, 15) is 0 Å². The van der Waals surface area contributed by atoms with Crippen LogP contribution in [0.4, 0.5) is 0 Å². The van der Waals surface area contributed by atoms with Gasteiger partial charge in [-0.05, 0) is 30.7 Å². The van der Waals surface area contributed by atoms with Gasteiger partial charge >= 0.3 is 0 Å². The molecule has 1 aliphatic heterocycles. The van der Waals surface area contributed by atoms with Crippen LogP contribution in [0.25, 0.3) is 0 Å². The number of hydrogen-bond acceptors (Lipinski definition) is 1. The SMILES string of the molecule is Clc1ccc(CN2CCC[N]CC2)cc1Cl. The molecule has 0 saturated carbocycles. The molecular weight excluding hydrogens is 243 g/mol. The fourth-order valence-corrected chi connectivity index (χ4v) is 2.22. The van der Waals surface area contributed by atoms with E-state index in [1.54, 1.807) is 0 Å². The summed E-state index contributed by atoms with van der Waals surface area (Å²) in [6, 6.07) is 5.85. The highest BCUT2D eigenvalue weighted by molar-refractivity contribution is 6.42. The molecule has 1 aliphatic rings. The Morgan fingerprint density at radius 1 is 1.12 bits per heavy atom. The average molecular weight is 258 g/mol. The first-order valence-corrected chi connectivity index (χ1v) is 6.31. The Labute approximate surface area is 107 Å². The van der Waals surface area contributed by atoms with Gasteiger partial charge in [-0.25, -0.2) is 5.32 Å². The zero-order valence-electron chi connectivity index (χ0n) is 9.13. The summed E-state index contributed by atoms with van der Waals surface area (Å²) in [6.45, 7) is 5.04. The van der Waals surface area contributed by atoms with Crippen LogP contribution >= 0.6 is 23.2 Å². The molecule has 16 heavy (non-hydrogen) atoms. The topological polar surface area (TPSA) is 17.3 Å². The van der Waals surface area contributed by atoms with Crippen molar-refractivity contribution in [3.63, 3.8) is 0 Å². The molecule has 1 aromatic rings. The lowest BCUT2D eigenvalue weighted by molar-refractivity contribution is 0.284. The molecule has 1 aromatic carbocycles. The molecule has 1 fully saturated rings. The maximum atomic E-state index is 5.99. The van der Waals surface area contributed by atoms with Crippen molar-refractivity contribution < 1.29 is 0 Å². The number of halogens is 2. The normalized spacial score (nSPS) is 18.4. The third-order valence-corrected chi connectivity index (χ3v) is 3.49. The molecule has 87 valence electrons. The van der Waals surface area contributed by atoms with Gasteiger partial charge in [0.05, 0.1) is 10.0 Å². The van der Waals surface area contributed by atoms with E-state index in [1.807, 2.05) is 18.2 Å². The van der Waals surface area contributed by atoms with Crippen LogP contribution in [0.2, 0.25) is 10.0 Å². The lowest BCUT2D eigenvalue weighted by Crippen LogP contribution is -2.26. The quantitative estimate of drug-likeness (QED) is 0.797. The summed E-state index contributed by atoms with van der Waals surface area (Å²) in [5.74, 6) is 0. The minimum absolute atomic E-state index is 0.622. The predicted molar refractivity (Wildman–Crippen MR) is 68.2 cm³/mol. The van der Waals surface area contributed by atoms with Gasteiger partial charge in [0, 0.05) is 26.2 Å². The van der Waals surface area contributed by atoms with Crippen LogP contribution in [0.5, 0.6) is 0 Å². The molecule has 0 atom stereocenters. The number of benzene rings is 1. The average Bonchev–Trinajstić information content (AvgIpc) is 2.52. The summed E-state index contributed by atoms with van der Waals surface area (Å²) in [5, 5.41) is 5.66. The molecule has 2 rings (SSSR count). The van der Waals surface area contributed by atoms with Gasteiger partial charge in [-0.15, -0.1) is 0 Å². The molecule has 0 spiro atoms. The predicted octanol–water partition coefficient (Wildman–Crippen LogP) is 2.80. The lowest BCUT2D eigenvalue weighted by Gasteiger charge is -2.19. The Morgan fingerprint density at radius 2 is 2.00 bits per heavy atom. The summed E-state index contributed by atoms with van der Waals surface area (Å²) in [6.07, 6.45) is 1.15. The fourth-order valence-electron chi connectivity index (χ4n) is 1.90. The molecule has 0 amide bonds. The van der Waals surface area contributed by atoms with Crippen LogP contribution in [0.1, 0.15) is 12.0 Å². The molecule has 0 unspecified atom stereocenters. The molecule has 0 aliphatic carbocycles. The van der Waals surface area contributed by atoms with E-state index < -0.39 is 0 Å². The van der Waals surface area contributed by atoms with E-state index in [-0.39, 0.29) is 0 Å². The molecule has 0 bridgehead atoms. The fraction of sp³-hybridized carbons (Fsp3) is 0.500. The first kappa shape index (κ1) is 12.2. The van der Waals surface area contributed by atoms with Gasteiger partial charge in [0.15, 0.2) is 0 Å². The first-order valence-electron chi connectivity index (χ1n) is 5.55. The summed E-state index contributed by atoms with van der Waals surface area (Å²) < 4.78 is 0. The van der Waals surface area contributed by atoms with Crippen LogP contribution in [0, 0.1) is 0 Å². The molecule has 4 heteroatoms. The van der Waals surface area contributed by atoms with Crippen molar-refractivity contribution in [2.75, 3.05) is 26.2 Å². The molecule has 1 heterocycles. The van der Waals surface area contributed by atoms with E-state index in [1.165, 1.54) is 5.56 Å². The molecule has 0 aromatic heterocycles. The summed E-state index contributed by atoms with van der Waals surface area (Å²) in [5.41, 5.74) is 1.22. The van der Waals surface area contributed by atoms with E-state index in [4.69, 9.17) is 23.2 Å². The highest BCUT2D eigenvalue weighted by Crippen LogP contribution is 2.23. The van der Waals surface area contributed by atoms with Crippen LogP contribution in [-0.4, -0.2) is 31.1 Å². The van der Waals surface area contributed by atoms with Gasteiger partial charge in [-0.2, -0.15) is 0 Å². The second-order valence-electron chi connectivity index (χ2n) is 4.05. The number of nitrogens with zero attached hydrogens (tertiary/aromatic N) is 2. The van der Waals surface area contributed by atoms with Crippen molar-refractivity contribution in [3.8, 4) is 0 Å². The van der Waals surface area contributed by atoms with Crippen molar-refractivity contribution in [3.05, 3.63) is 33.8 Å². The Bertz CT molecular complexity index is 347. The Morgan fingerprint density at radius 3 is 2.81 bits per heavy atom. The van der Waals surface area contributed by atoms with Gasteiger partial charge in [-0.1, -0.05) is 29.3 Å². The first-order chi connectivity index (χ1) is 7.75. The summed E-state index contributed by atoms with van der Waals surface area (Å²) in [7, 11) is 0. The third kappa shape index (κ3) is 3.36.